The molecular formula is C22H24F3NO2. The molecule has 1 fully saturated rings. The second-order valence-electron chi connectivity index (χ2n) is 7.58. The molecule has 1 heterocycles. The zero-order chi connectivity index (χ0) is 20.5. The smallest absolute Gasteiger partial charge is 0.416 e. The maximum atomic E-state index is 12.9. The highest BCUT2D eigenvalue weighted by atomic mass is 19.4. The molecule has 1 saturated heterocycles. The molecule has 0 aliphatic carbocycles. The Balaban J connectivity index is 2.03. The maximum absolute atomic E-state index is 12.9. The standard InChI is InChI=1S/C22H24F3NO2/c1-14(2)15-5-7-16(8-6-15)20(26-13-3-4-19(26)21(27)28)17-9-11-18(12-10-17)22(23,24)25/h5-12,14,19-20H,3-4,13H2,1-2H3,(H,27,28). The summed E-state index contributed by atoms with van der Waals surface area (Å²) < 4.78 is 38.8. The van der Waals surface area contributed by atoms with Crippen LogP contribution in [-0.4, -0.2) is 28.6 Å². The maximum Gasteiger partial charge on any atom is 0.416 e. The summed E-state index contributed by atoms with van der Waals surface area (Å²) >= 11 is 0. The Bertz CT molecular complexity index is 813. The van der Waals surface area contributed by atoms with Crippen LogP contribution in [0.5, 0.6) is 0 Å². The number of benzene rings is 2. The van der Waals surface area contributed by atoms with Gasteiger partial charge in [0, 0.05) is 6.54 Å². The number of carboxylic acid groups (broad SMARTS) is 1. The minimum atomic E-state index is -4.40. The van der Waals surface area contributed by atoms with Gasteiger partial charge in [0.25, 0.3) is 0 Å². The van der Waals surface area contributed by atoms with Gasteiger partial charge in [-0.05, 0) is 47.6 Å². The number of alkyl halides is 3. The van der Waals surface area contributed by atoms with Crippen LogP contribution >= 0.6 is 0 Å². The molecule has 0 saturated carbocycles. The van der Waals surface area contributed by atoms with Gasteiger partial charge in [-0.2, -0.15) is 13.2 Å². The Labute approximate surface area is 162 Å². The molecule has 0 spiro atoms. The number of nitrogens with zero attached hydrogens (tertiary/aromatic N) is 1. The molecule has 2 aromatic rings. The van der Waals surface area contributed by atoms with Crippen molar-refractivity contribution in [1.82, 2.24) is 4.90 Å². The van der Waals surface area contributed by atoms with Crippen molar-refractivity contribution in [2.24, 2.45) is 0 Å². The van der Waals surface area contributed by atoms with Crippen molar-refractivity contribution in [1.29, 1.82) is 0 Å². The van der Waals surface area contributed by atoms with E-state index in [2.05, 4.69) is 13.8 Å². The summed E-state index contributed by atoms with van der Waals surface area (Å²) in [6.45, 7) is 4.77. The first-order valence-corrected chi connectivity index (χ1v) is 9.44. The zero-order valence-corrected chi connectivity index (χ0v) is 15.9. The first kappa shape index (κ1) is 20.4. The third kappa shape index (κ3) is 4.22. The average Bonchev–Trinajstić information content (AvgIpc) is 3.12. The second kappa shape index (κ2) is 7.95. The quantitative estimate of drug-likeness (QED) is 0.735. The summed E-state index contributed by atoms with van der Waals surface area (Å²) in [6, 6.07) is 11.9. The summed E-state index contributed by atoms with van der Waals surface area (Å²) in [5.41, 5.74) is 2.00. The van der Waals surface area contributed by atoms with Crippen LogP contribution in [0.15, 0.2) is 48.5 Å². The third-order valence-corrected chi connectivity index (χ3v) is 5.38. The van der Waals surface area contributed by atoms with E-state index in [4.69, 9.17) is 0 Å². The topological polar surface area (TPSA) is 40.5 Å². The van der Waals surface area contributed by atoms with E-state index in [1.165, 1.54) is 12.1 Å². The Morgan fingerprint density at radius 2 is 1.50 bits per heavy atom. The zero-order valence-electron chi connectivity index (χ0n) is 15.9. The fraction of sp³-hybridized carbons (Fsp3) is 0.409. The van der Waals surface area contributed by atoms with Gasteiger partial charge in [0.05, 0.1) is 11.6 Å². The van der Waals surface area contributed by atoms with Crippen LogP contribution in [0.2, 0.25) is 0 Å². The number of hydrogen-bond donors (Lipinski definition) is 1. The highest BCUT2D eigenvalue weighted by molar-refractivity contribution is 5.74. The minimum Gasteiger partial charge on any atom is -0.480 e. The number of halogens is 3. The van der Waals surface area contributed by atoms with Crippen molar-refractivity contribution in [3.63, 3.8) is 0 Å². The molecule has 0 radical (unpaired) electrons. The fourth-order valence-corrected chi connectivity index (χ4v) is 3.86. The van der Waals surface area contributed by atoms with Gasteiger partial charge in [0.1, 0.15) is 6.04 Å². The molecule has 2 unspecified atom stereocenters. The van der Waals surface area contributed by atoms with E-state index in [0.717, 1.165) is 29.7 Å². The minimum absolute atomic E-state index is 0.358. The number of carboxylic acids is 1. The lowest BCUT2D eigenvalue weighted by Gasteiger charge is -2.32. The summed E-state index contributed by atoms with van der Waals surface area (Å²) in [7, 11) is 0. The summed E-state index contributed by atoms with van der Waals surface area (Å²) in [6.07, 6.45) is -3.11. The van der Waals surface area contributed by atoms with E-state index in [1.54, 1.807) is 0 Å². The number of likely N-dealkylation sites (tertiary alicyclic amines) is 1. The van der Waals surface area contributed by atoms with Gasteiger partial charge in [0.2, 0.25) is 0 Å². The molecule has 1 N–H and O–H groups in total. The lowest BCUT2D eigenvalue weighted by Crippen LogP contribution is -2.39. The van der Waals surface area contributed by atoms with Crippen molar-refractivity contribution >= 4 is 5.97 Å². The van der Waals surface area contributed by atoms with Gasteiger partial charge in [-0.15, -0.1) is 0 Å². The summed E-state index contributed by atoms with van der Waals surface area (Å²) in [4.78, 5) is 13.6. The molecular weight excluding hydrogens is 367 g/mol. The fourth-order valence-electron chi connectivity index (χ4n) is 3.86. The highest BCUT2D eigenvalue weighted by Gasteiger charge is 2.37. The van der Waals surface area contributed by atoms with Crippen molar-refractivity contribution in [2.75, 3.05) is 6.54 Å². The monoisotopic (exact) mass is 391 g/mol. The van der Waals surface area contributed by atoms with E-state index >= 15 is 0 Å². The van der Waals surface area contributed by atoms with E-state index in [1.807, 2.05) is 29.2 Å². The molecule has 1 aliphatic heterocycles. The molecule has 2 aromatic carbocycles. The highest BCUT2D eigenvalue weighted by Crippen LogP contribution is 2.37. The Kier molecular flexibility index (Phi) is 5.79. The number of hydrogen-bond acceptors (Lipinski definition) is 2. The largest absolute Gasteiger partial charge is 0.480 e. The molecule has 3 rings (SSSR count). The van der Waals surface area contributed by atoms with Crippen LogP contribution in [0.3, 0.4) is 0 Å². The molecule has 0 bridgehead atoms. The van der Waals surface area contributed by atoms with E-state index in [0.29, 0.717) is 24.4 Å². The molecule has 28 heavy (non-hydrogen) atoms. The van der Waals surface area contributed by atoms with Crippen molar-refractivity contribution in [3.8, 4) is 0 Å². The molecule has 0 amide bonds. The normalized spacial score (nSPS) is 19.1. The van der Waals surface area contributed by atoms with Gasteiger partial charge < -0.3 is 5.11 Å². The first-order chi connectivity index (χ1) is 13.2. The molecule has 2 atom stereocenters. The van der Waals surface area contributed by atoms with Gasteiger partial charge in [-0.1, -0.05) is 50.2 Å². The first-order valence-electron chi connectivity index (χ1n) is 9.44. The molecule has 6 heteroatoms. The SMILES string of the molecule is CC(C)c1ccc(C(c2ccc(C(F)(F)F)cc2)N2CCCC2C(=O)O)cc1. The Morgan fingerprint density at radius 3 is 1.96 bits per heavy atom. The second-order valence-corrected chi connectivity index (χ2v) is 7.58. The van der Waals surface area contributed by atoms with Crippen LogP contribution in [-0.2, 0) is 11.0 Å². The van der Waals surface area contributed by atoms with Gasteiger partial charge in [-0.25, -0.2) is 0 Å². The van der Waals surface area contributed by atoms with Crippen molar-refractivity contribution < 1.29 is 23.1 Å². The lowest BCUT2D eigenvalue weighted by molar-refractivity contribution is -0.142. The van der Waals surface area contributed by atoms with Crippen LogP contribution in [0, 0.1) is 0 Å². The third-order valence-electron chi connectivity index (χ3n) is 5.38. The van der Waals surface area contributed by atoms with Gasteiger partial charge >= 0.3 is 12.1 Å². The molecule has 150 valence electrons. The van der Waals surface area contributed by atoms with E-state index in [-0.39, 0.29) is 0 Å². The van der Waals surface area contributed by atoms with Crippen LogP contribution in [0.1, 0.15) is 60.9 Å². The molecule has 3 nitrogen and oxygen atoms in total. The summed E-state index contributed by atoms with van der Waals surface area (Å²) in [5, 5.41) is 9.60. The van der Waals surface area contributed by atoms with E-state index < -0.39 is 29.8 Å². The summed E-state index contributed by atoms with van der Waals surface area (Å²) in [5.74, 6) is -0.537. The van der Waals surface area contributed by atoms with Crippen LogP contribution in [0.25, 0.3) is 0 Å². The lowest BCUT2D eigenvalue weighted by atomic mass is 9.93. The van der Waals surface area contributed by atoms with Gasteiger partial charge in [-0.3, -0.25) is 9.69 Å². The average molecular weight is 391 g/mol. The van der Waals surface area contributed by atoms with Gasteiger partial charge in [0.15, 0.2) is 0 Å². The van der Waals surface area contributed by atoms with E-state index in [9.17, 15) is 23.1 Å². The molecule has 0 aromatic heterocycles. The Hall–Kier alpha value is -2.34. The predicted molar refractivity (Wildman–Crippen MR) is 101 cm³/mol. The predicted octanol–water partition coefficient (Wildman–Crippen LogP) is 5.47. The molecule has 1 aliphatic rings. The van der Waals surface area contributed by atoms with Crippen molar-refractivity contribution in [3.05, 3.63) is 70.8 Å². The number of aliphatic carboxylic acids is 1. The number of carbonyl (C=O) groups is 1. The van der Waals surface area contributed by atoms with Crippen LogP contribution in [0.4, 0.5) is 13.2 Å². The Morgan fingerprint density at radius 1 is 1.00 bits per heavy atom. The van der Waals surface area contributed by atoms with Crippen LogP contribution < -0.4 is 0 Å². The van der Waals surface area contributed by atoms with Crippen molar-refractivity contribution in [2.45, 2.75) is 50.9 Å². The number of rotatable bonds is 5.